The molecular weight excluding hydrogens is 261 g/mol. The molecule has 3 heteroatoms. The van der Waals surface area contributed by atoms with Gasteiger partial charge in [-0.2, -0.15) is 0 Å². The van der Waals surface area contributed by atoms with Crippen LogP contribution in [0.15, 0.2) is 18.2 Å². The van der Waals surface area contributed by atoms with Crippen LogP contribution in [0.3, 0.4) is 0 Å². The molecule has 1 saturated carbocycles. The summed E-state index contributed by atoms with van der Waals surface area (Å²) in [4.78, 5) is 0. The lowest BCUT2D eigenvalue weighted by Gasteiger charge is -2.24. The topological polar surface area (TPSA) is 12.0 Å². The lowest BCUT2D eigenvalue weighted by Crippen LogP contribution is -2.35. The first kappa shape index (κ1) is 14.8. The number of hydrogen-bond donors (Lipinski definition) is 1. The highest BCUT2D eigenvalue weighted by molar-refractivity contribution is 6.31. The first-order valence-corrected chi connectivity index (χ1v) is 7.76. The Labute approximate surface area is 120 Å². The lowest BCUT2D eigenvalue weighted by atomic mass is 9.92. The average Bonchev–Trinajstić information content (AvgIpc) is 2.90. The molecule has 1 atom stereocenters. The molecule has 0 heterocycles. The van der Waals surface area contributed by atoms with Crippen molar-refractivity contribution in [2.45, 2.75) is 51.5 Å². The van der Waals surface area contributed by atoms with Gasteiger partial charge in [0, 0.05) is 16.6 Å². The van der Waals surface area contributed by atoms with Gasteiger partial charge in [-0.3, -0.25) is 0 Å². The minimum Gasteiger partial charge on any atom is -0.314 e. The van der Waals surface area contributed by atoms with Crippen molar-refractivity contribution in [1.82, 2.24) is 5.32 Å². The molecule has 1 aliphatic rings. The number of nitrogens with one attached hydrogen (secondary N) is 1. The van der Waals surface area contributed by atoms with E-state index in [0.29, 0.717) is 16.6 Å². The van der Waals surface area contributed by atoms with E-state index in [4.69, 9.17) is 11.6 Å². The van der Waals surface area contributed by atoms with Crippen LogP contribution in [-0.2, 0) is 6.42 Å². The normalized spacial score (nSPS) is 17.8. The van der Waals surface area contributed by atoms with Gasteiger partial charge in [-0.25, -0.2) is 4.39 Å². The van der Waals surface area contributed by atoms with Crippen molar-refractivity contribution < 1.29 is 4.39 Å². The number of halogens is 2. The van der Waals surface area contributed by atoms with Gasteiger partial charge < -0.3 is 5.32 Å². The van der Waals surface area contributed by atoms with E-state index in [0.717, 1.165) is 25.3 Å². The fourth-order valence-corrected chi connectivity index (χ4v) is 3.45. The highest BCUT2D eigenvalue weighted by Gasteiger charge is 2.24. The van der Waals surface area contributed by atoms with Crippen molar-refractivity contribution in [1.29, 1.82) is 0 Å². The van der Waals surface area contributed by atoms with E-state index in [2.05, 4.69) is 12.2 Å². The SMILES string of the molecule is CCNC(CCc1c(F)cccc1Cl)C1CCCC1. The maximum absolute atomic E-state index is 13.8. The monoisotopic (exact) mass is 283 g/mol. The third kappa shape index (κ3) is 3.93. The van der Waals surface area contributed by atoms with Crippen LogP contribution >= 0.6 is 11.6 Å². The first-order chi connectivity index (χ1) is 9.22. The molecule has 1 aliphatic carbocycles. The summed E-state index contributed by atoms with van der Waals surface area (Å²) in [5.74, 6) is 0.583. The second-order valence-corrected chi connectivity index (χ2v) is 5.85. The minimum atomic E-state index is -0.172. The minimum absolute atomic E-state index is 0.172. The molecule has 2 rings (SSSR count). The third-order valence-electron chi connectivity index (χ3n) is 4.20. The van der Waals surface area contributed by atoms with Gasteiger partial charge in [0.15, 0.2) is 0 Å². The smallest absolute Gasteiger partial charge is 0.127 e. The Balaban J connectivity index is 1.98. The van der Waals surface area contributed by atoms with Gasteiger partial charge in [-0.05, 0) is 50.3 Å². The van der Waals surface area contributed by atoms with Gasteiger partial charge >= 0.3 is 0 Å². The van der Waals surface area contributed by atoms with Crippen molar-refractivity contribution in [2.24, 2.45) is 5.92 Å². The van der Waals surface area contributed by atoms with E-state index in [1.165, 1.54) is 31.7 Å². The largest absolute Gasteiger partial charge is 0.314 e. The zero-order valence-corrected chi connectivity index (χ0v) is 12.3. The Hall–Kier alpha value is -0.600. The summed E-state index contributed by atoms with van der Waals surface area (Å²) < 4.78 is 13.8. The Bertz CT molecular complexity index is 381. The summed E-state index contributed by atoms with van der Waals surface area (Å²) in [5.41, 5.74) is 0.671. The maximum atomic E-state index is 13.8. The molecule has 1 fully saturated rings. The summed E-state index contributed by atoms with van der Waals surface area (Å²) in [5, 5.41) is 4.13. The molecule has 106 valence electrons. The van der Waals surface area contributed by atoms with Crippen molar-refractivity contribution in [3.63, 3.8) is 0 Å². The molecule has 19 heavy (non-hydrogen) atoms. The van der Waals surface area contributed by atoms with Crippen LogP contribution in [0.25, 0.3) is 0 Å². The van der Waals surface area contributed by atoms with E-state index in [1.54, 1.807) is 12.1 Å². The van der Waals surface area contributed by atoms with Crippen LogP contribution < -0.4 is 5.32 Å². The Morgan fingerprint density at radius 3 is 2.74 bits per heavy atom. The standard InChI is InChI=1S/C16H23ClFN/c1-2-19-16(12-6-3-4-7-12)11-10-13-14(17)8-5-9-15(13)18/h5,8-9,12,16,19H,2-4,6-7,10-11H2,1H3. The van der Waals surface area contributed by atoms with Crippen LogP contribution in [0.2, 0.25) is 5.02 Å². The predicted molar refractivity (Wildman–Crippen MR) is 79.2 cm³/mol. The van der Waals surface area contributed by atoms with Gasteiger partial charge in [-0.15, -0.1) is 0 Å². The molecule has 1 aromatic carbocycles. The van der Waals surface area contributed by atoms with Gasteiger partial charge in [0.1, 0.15) is 5.82 Å². The molecule has 0 aromatic heterocycles. The van der Waals surface area contributed by atoms with Gasteiger partial charge in [0.2, 0.25) is 0 Å². The second kappa shape index (κ2) is 7.25. The summed E-state index contributed by atoms with van der Waals surface area (Å²) in [6.45, 7) is 3.12. The Morgan fingerprint density at radius 1 is 1.37 bits per heavy atom. The molecule has 0 spiro atoms. The zero-order chi connectivity index (χ0) is 13.7. The summed E-state index contributed by atoms with van der Waals surface area (Å²) >= 11 is 6.09. The molecule has 0 bridgehead atoms. The lowest BCUT2D eigenvalue weighted by molar-refractivity contribution is 0.345. The van der Waals surface area contributed by atoms with Gasteiger partial charge in [0.05, 0.1) is 0 Å². The average molecular weight is 284 g/mol. The number of hydrogen-bond acceptors (Lipinski definition) is 1. The molecular formula is C16H23ClFN. The molecule has 0 saturated heterocycles. The molecule has 1 unspecified atom stereocenters. The van der Waals surface area contributed by atoms with Crippen LogP contribution in [0.1, 0.15) is 44.6 Å². The number of rotatable bonds is 6. The Kier molecular flexibility index (Phi) is 5.65. The molecule has 0 aliphatic heterocycles. The zero-order valence-electron chi connectivity index (χ0n) is 11.6. The van der Waals surface area contributed by atoms with Crippen LogP contribution in [0.4, 0.5) is 4.39 Å². The molecule has 1 aromatic rings. The van der Waals surface area contributed by atoms with Crippen molar-refractivity contribution in [2.75, 3.05) is 6.54 Å². The molecule has 0 amide bonds. The molecule has 1 N–H and O–H groups in total. The Morgan fingerprint density at radius 2 is 2.11 bits per heavy atom. The number of benzene rings is 1. The van der Waals surface area contributed by atoms with Crippen molar-refractivity contribution in [3.8, 4) is 0 Å². The summed E-state index contributed by atoms with van der Waals surface area (Å²) in [6, 6.07) is 5.44. The van der Waals surface area contributed by atoms with Crippen LogP contribution in [0, 0.1) is 11.7 Å². The van der Waals surface area contributed by atoms with Crippen LogP contribution in [0.5, 0.6) is 0 Å². The van der Waals surface area contributed by atoms with E-state index >= 15 is 0 Å². The maximum Gasteiger partial charge on any atom is 0.127 e. The fourth-order valence-electron chi connectivity index (χ4n) is 3.20. The van der Waals surface area contributed by atoms with Crippen LogP contribution in [-0.4, -0.2) is 12.6 Å². The molecule has 1 nitrogen and oxygen atoms in total. The second-order valence-electron chi connectivity index (χ2n) is 5.45. The van der Waals surface area contributed by atoms with E-state index in [9.17, 15) is 4.39 Å². The van der Waals surface area contributed by atoms with E-state index in [-0.39, 0.29) is 5.82 Å². The summed E-state index contributed by atoms with van der Waals surface area (Å²) in [7, 11) is 0. The third-order valence-corrected chi connectivity index (χ3v) is 4.56. The summed E-state index contributed by atoms with van der Waals surface area (Å²) in [6.07, 6.45) is 6.99. The highest BCUT2D eigenvalue weighted by atomic mass is 35.5. The predicted octanol–water partition coefficient (Wildman–Crippen LogP) is 4.58. The quantitative estimate of drug-likeness (QED) is 0.806. The van der Waals surface area contributed by atoms with E-state index in [1.807, 2.05) is 0 Å². The van der Waals surface area contributed by atoms with Gasteiger partial charge in [0.25, 0.3) is 0 Å². The highest BCUT2D eigenvalue weighted by Crippen LogP contribution is 2.30. The van der Waals surface area contributed by atoms with Crippen molar-refractivity contribution in [3.05, 3.63) is 34.6 Å². The fraction of sp³-hybridized carbons (Fsp3) is 0.625. The van der Waals surface area contributed by atoms with E-state index < -0.39 is 0 Å². The van der Waals surface area contributed by atoms with Crippen molar-refractivity contribution >= 4 is 11.6 Å². The molecule has 0 radical (unpaired) electrons. The first-order valence-electron chi connectivity index (χ1n) is 7.38. The van der Waals surface area contributed by atoms with Gasteiger partial charge in [-0.1, -0.05) is 37.4 Å².